The Balaban J connectivity index is 1.87. The number of hydrogen-bond acceptors (Lipinski definition) is 4. The first-order valence-corrected chi connectivity index (χ1v) is 9.76. The number of carboxylic acids is 1. The summed E-state index contributed by atoms with van der Waals surface area (Å²) in [7, 11) is 0. The highest BCUT2D eigenvalue weighted by Gasteiger charge is 2.68. The van der Waals surface area contributed by atoms with Crippen LogP contribution in [0.3, 0.4) is 0 Å². The molecular weight excluding hydrogens is 426 g/mol. The monoisotopic (exact) mass is 445 g/mol. The van der Waals surface area contributed by atoms with Gasteiger partial charge in [-0.05, 0) is 18.4 Å². The number of halogens is 2. The summed E-state index contributed by atoms with van der Waals surface area (Å²) in [5, 5.41) is 20.4. The number of aliphatic carboxylic acids is 1. The summed E-state index contributed by atoms with van der Waals surface area (Å²) < 4.78 is 5.38. The molecule has 3 fully saturated rings. The van der Waals surface area contributed by atoms with Crippen molar-refractivity contribution in [3.8, 4) is 0 Å². The summed E-state index contributed by atoms with van der Waals surface area (Å²) in [4.78, 5) is 23.8. The SMILES string of the molecule is CCC12CN(C(=O)OCc3ccccc3)C(C(O)C1Br)C(Cl)(C(=O)O)C2. The van der Waals surface area contributed by atoms with Crippen LogP contribution in [-0.2, 0) is 16.1 Å². The van der Waals surface area contributed by atoms with Gasteiger partial charge in [0, 0.05) is 12.0 Å². The fourth-order valence-electron chi connectivity index (χ4n) is 4.13. The Hall–Kier alpha value is -1.31. The number of carbonyl (C=O) groups is 2. The molecule has 1 aliphatic carbocycles. The van der Waals surface area contributed by atoms with Crippen molar-refractivity contribution < 1.29 is 24.5 Å². The number of ether oxygens (including phenoxy) is 1. The van der Waals surface area contributed by atoms with Gasteiger partial charge in [0.05, 0.1) is 17.0 Å². The summed E-state index contributed by atoms with van der Waals surface area (Å²) in [5.41, 5.74) is 0.183. The van der Waals surface area contributed by atoms with E-state index in [1.165, 1.54) is 4.90 Å². The molecule has 1 aromatic carbocycles. The number of rotatable bonds is 4. The zero-order valence-corrected chi connectivity index (χ0v) is 16.6. The summed E-state index contributed by atoms with van der Waals surface area (Å²) in [6.45, 7) is 2.26. The molecule has 26 heavy (non-hydrogen) atoms. The van der Waals surface area contributed by atoms with Crippen LogP contribution in [-0.4, -0.2) is 55.6 Å². The van der Waals surface area contributed by atoms with Gasteiger partial charge in [0.1, 0.15) is 6.61 Å². The number of carbonyl (C=O) groups excluding carboxylic acids is 1. The van der Waals surface area contributed by atoms with Gasteiger partial charge in [-0.1, -0.05) is 53.2 Å². The van der Waals surface area contributed by atoms with Crippen LogP contribution in [0.25, 0.3) is 0 Å². The van der Waals surface area contributed by atoms with Crippen LogP contribution in [0.2, 0.25) is 0 Å². The van der Waals surface area contributed by atoms with Crippen LogP contribution in [0.5, 0.6) is 0 Å². The summed E-state index contributed by atoms with van der Waals surface area (Å²) in [5.74, 6) is -1.24. The highest BCUT2D eigenvalue weighted by molar-refractivity contribution is 9.09. The molecule has 0 radical (unpaired) electrons. The second-order valence-corrected chi connectivity index (χ2v) is 8.73. The molecule has 8 heteroatoms. The Morgan fingerprint density at radius 1 is 1.38 bits per heavy atom. The predicted octanol–water partition coefficient (Wildman–Crippen LogP) is 2.99. The van der Waals surface area contributed by atoms with Crippen LogP contribution < -0.4 is 0 Å². The van der Waals surface area contributed by atoms with Gasteiger partial charge in [-0.15, -0.1) is 11.6 Å². The van der Waals surface area contributed by atoms with Crippen molar-refractivity contribution in [3.63, 3.8) is 0 Å². The van der Waals surface area contributed by atoms with E-state index in [0.717, 1.165) is 5.56 Å². The van der Waals surface area contributed by atoms with Crippen molar-refractivity contribution in [1.29, 1.82) is 0 Å². The van der Waals surface area contributed by atoms with E-state index < -0.39 is 34.5 Å². The molecule has 4 rings (SSSR count). The van der Waals surface area contributed by atoms with Crippen molar-refractivity contribution in [2.75, 3.05) is 6.54 Å². The normalized spacial score (nSPS) is 36.0. The van der Waals surface area contributed by atoms with Gasteiger partial charge in [0.25, 0.3) is 0 Å². The fourth-order valence-corrected chi connectivity index (χ4v) is 5.57. The van der Waals surface area contributed by atoms with Crippen molar-refractivity contribution >= 4 is 39.6 Å². The second-order valence-electron chi connectivity index (χ2n) is 7.07. The third kappa shape index (κ3) is 3.00. The first-order chi connectivity index (χ1) is 12.2. The second kappa shape index (κ2) is 7.02. The van der Waals surface area contributed by atoms with Crippen molar-refractivity contribution in [2.24, 2.45) is 5.41 Å². The number of piperidine rings is 2. The molecule has 1 saturated carbocycles. The minimum Gasteiger partial charge on any atom is -0.480 e. The Morgan fingerprint density at radius 3 is 2.62 bits per heavy atom. The molecule has 5 atom stereocenters. The number of fused-ring (bicyclic) bond motifs is 3. The number of carboxylic acid groups (broad SMARTS) is 1. The Kier molecular flexibility index (Phi) is 5.25. The van der Waals surface area contributed by atoms with Crippen molar-refractivity contribution in [1.82, 2.24) is 4.90 Å². The van der Waals surface area contributed by atoms with Crippen molar-refractivity contribution in [2.45, 2.75) is 48.2 Å². The van der Waals surface area contributed by atoms with E-state index in [1.54, 1.807) is 0 Å². The molecule has 0 spiro atoms. The molecule has 3 aliphatic rings. The van der Waals surface area contributed by atoms with E-state index >= 15 is 0 Å². The van der Waals surface area contributed by atoms with Gasteiger partial charge in [0.2, 0.25) is 0 Å². The number of aliphatic hydroxyl groups is 1. The average Bonchev–Trinajstić information content (AvgIpc) is 2.64. The van der Waals surface area contributed by atoms with Gasteiger partial charge in [0.15, 0.2) is 4.87 Å². The van der Waals surface area contributed by atoms with Crippen LogP contribution in [0, 0.1) is 5.41 Å². The van der Waals surface area contributed by atoms with Gasteiger partial charge >= 0.3 is 12.1 Å². The van der Waals surface area contributed by atoms with Gasteiger partial charge in [-0.25, -0.2) is 4.79 Å². The number of alkyl halides is 2. The zero-order valence-electron chi connectivity index (χ0n) is 14.3. The van der Waals surface area contributed by atoms with Crippen LogP contribution in [0.1, 0.15) is 25.3 Å². The highest BCUT2D eigenvalue weighted by atomic mass is 79.9. The van der Waals surface area contributed by atoms with Crippen LogP contribution >= 0.6 is 27.5 Å². The number of benzene rings is 1. The Morgan fingerprint density at radius 2 is 2.04 bits per heavy atom. The van der Waals surface area contributed by atoms with E-state index in [9.17, 15) is 19.8 Å². The summed E-state index contributed by atoms with van der Waals surface area (Å²) >= 11 is 9.96. The zero-order chi connectivity index (χ0) is 19.1. The van der Waals surface area contributed by atoms with Crippen molar-refractivity contribution in [3.05, 3.63) is 35.9 Å². The van der Waals surface area contributed by atoms with Crippen LogP contribution in [0.15, 0.2) is 30.3 Å². The molecule has 6 nitrogen and oxygen atoms in total. The molecule has 142 valence electrons. The van der Waals surface area contributed by atoms with E-state index in [2.05, 4.69) is 15.9 Å². The van der Waals surface area contributed by atoms with Gasteiger partial charge in [-0.3, -0.25) is 9.69 Å². The van der Waals surface area contributed by atoms with E-state index in [1.807, 2.05) is 37.3 Å². The van der Waals surface area contributed by atoms with Gasteiger partial charge in [-0.2, -0.15) is 0 Å². The summed E-state index contributed by atoms with van der Waals surface area (Å²) in [6, 6.07) is 8.13. The standard InChI is InChI=1S/C18H21BrClNO5/c1-2-17-9-18(20,15(23)24)14(12(22)13(17)19)21(10-17)16(25)26-8-11-6-4-3-5-7-11/h3-7,12-14,22H,2,8-10H2,1H3,(H,23,24). The minimum absolute atomic E-state index is 0.0677. The molecule has 1 aromatic rings. The first kappa shape index (κ1) is 19.5. The number of nitrogens with zero attached hydrogens (tertiary/aromatic N) is 1. The third-order valence-electron chi connectivity index (χ3n) is 5.61. The maximum Gasteiger partial charge on any atom is 0.410 e. The Bertz CT molecular complexity index is 704. The van der Waals surface area contributed by atoms with E-state index in [0.29, 0.717) is 6.42 Å². The molecule has 2 heterocycles. The first-order valence-electron chi connectivity index (χ1n) is 8.47. The quantitative estimate of drug-likeness (QED) is 0.694. The largest absolute Gasteiger partial charge is 0.480 e. The molecular formula is C18H21BrClNO5. The highest BCUT2D eigenvalue weighted by Crippen LogP contribution is 2.56. The lowest BCUT2D eigenvalue weighted by Crippen LogP contribution is -2.77. The minimum atomic E-state index is -1.75. The molecule has 2 N–H and O–H groups in total. The maximum absolute atomic E-state index is 12.7. The lowest BCUT2D eigenvalue weighted by atomic mass is 9.60. The van der Waals surface area contributed by atoms with Gasteiger partial charge < -0.3 is 14.9 Å². The predicted molar refractivity (Wildman–Crippen MR) is 99.4 cm³/mol. The molecule has 0 aromatic heterocycles. The van der Waals surface area contributed by atoms with E-state index in [-0.39, 0.29) is 24.4 Å². The third-order valence-corrected chi connectivity index (χ3v) is 7.64. The molecule has 5 unspecified atom stereocenters. The average molecular weight is 447 g/mol. The molecule has 2 saturated heterocycles. The Labute approximate surface area is 165 Å². The molecule has 1 amide bonds. The lowest BCUT2D eigenvalue weighted by Gasteiger charge is -2.61. The van der Waals surface area contributed by atoms with Crippen LogP contribution in [0.4, 0.5) is 4.79 Å². The molecule has 2 bridgehead atoms. The maximum atomic E-state index is 12.7. The topological polar surface area (TPSA) is 87.1 Å². The summed E-state index contributed by atoms with van der Waals surface area (Å²) in [6.07, 6.45) is -1.03. The van der Waals surface area contributed by atoms with E-state index in [4.69, 9.17) is 16.3 Å². The number of amides is 1. The lowest BCUT2D eigenvalue weighted by molar-refractivity contribution is -0.159. The fraction of sp³-hybridized carbons (Fsp3) is 0.556. The smallest absolute Gasteiger partial charge is 0.410 e. The number of aliphatic hydroxyl groups excluding tert-OH is 1. The molecule has 2 aliphatic heterocycles. The number of hydrogen-bond donors (Lipinski definition) is 2.